The standard InChI is InChI=1S/C19H23N5O2S/c1-12-14-16(21-9-7-13-6-4-5-8-20-13)22-11-23-18(14)27-15(12)17(26)24-19(2,3)10-25/h4-6,8,11,25H,7,9-10H2,1-3H3,(H,24,26)(H,21,22,23). The average Bonchev–Trinajstić information content (AvgIpc) is 3.00. The Kier molecular flexibility index (Phi) is 5.67. The molecular formula is C19H23N5O2S. The molecule has 0 aliphatic carbocycles. The molecule has 0 aromatic carbocycles. The number of aliphatic hydroxyl groups excluding tert-OH is 1. The first kappa shape index (κ1) is 19.2. The highest BCUT2D eigenvalue weighted by molar-refractivity contribution is 7.20. The Morgan fingerprint density at radius 1 is 1.26 bits per heavy atom. The number of aryl methyl sites for hydroxylation is 1. The van der Waals surface area contributed by atoms with Gasteiger partial charge in [0.15, 0.2) is 0 Å². The van der Waals surface area contributed by atoms with Gasteiger partial charge in [0.25, 0.3) is 5.91 Å². The number of carbonyl (C=O) groups excluding carboxylic acids is 1. The van der Waals surface area contributed by atoms with Gasteiger partial charge in [-0.1, -0.05) is 6.07 Å². The van der Waals surface area contributed by atoms with Crippen molar-refractivity contribution in [1.82, 2.24) is 20.3 Å². The van der Waals surface area contributed by atoms with Crippen LogP contribution >= 0.6 is 11.3 Å². The highest BCUT2D eigenvalue weighted by Crippen LogP contribution is 2.33. The maximum absolute atomic E-state index is 12.6. The Hall–Kier alpha value is -2.58. The molecule has 27 heavy (non-hydrogen) atoms. The number of rotatable bonds is 7. The molecule has 142 valence electrons. The molecule has 3 heterocycles. The monoisotopic (exact) mass is 385 g/mol. The van der Waals surface area contributed by atoms with Crippen molar-refractivity contribution in [2.24, 2.45) is 0 Å². The zero-order valence-corrected chi connectivity index (χ0v) is 16.4. The lowest BCUT2D eigenvalue weighted by atomic mass is 10.1. The molecule has 3 aromatic heterocycles. The van der Waals surface area contributed by atoms with Crippen molar-refractivity contribution in [2.75, 3.05) is 18.5 Å². The SMILES string of the molecule is Cc1c(C(=O)NC(C)(C)CO)sc2ncnc(NCCc3ccccn3)c12. The summed E-state index contributed by atoms with van der Waals surface area (Å²) in [4.78, 5) is 27.0. The van der Waals surface area contributed by atoms with Crippen molar-refractivity contribution in [3.63, 3.8) is 0 Å². The molecular weight excluding hydrogens is 362 g/mol. The van der Waals surface area contributed by atoms with E-state index in [1.165, 1.54) is 17.7 Å². The number of pyridine rings is 1. The topological polar surface area (TPSA) is 100 Å². The van der Waals surface area contributed by atoms with Gasteiger partial charge >= 0.3 is 0 Å². The molecule has 3 N–H and O–H groups in total. The van der Waals surface area contributed by atoms with E-state index in [0.717, 1.165) is 27.9 Å². The molecule has 0 saturated heterocycles. The maximum Gasteiger partial charge on any atom is 0.262 e. The zero-order chi connectivity index (χ0) is 19.4. The highest BCUT2D eigenvalue weighted by atomic mass is 32.1. The number of aromatic nitrogens is 3. The summed E-state index contributed by atoms with van der Waals surface area (Å²) in [7, 11) is 0. The molecule has 0 unspecified atom stereocenters. The quantitative estimate of drug-likeness (QED) is 0.578. The van der Waals surface area contributed by atoms with Gasteiger partial charge in [-0.25, -0.2) is 9.97 Å². The van der Waals surface area contributed by atoms with E-state index in [4.69, 9.17) is 0 Å². The minimum Gasteiger partial charge on any atom is -0.394 e. The number of amides is 1. The summed E-state index contributed by atoms with van der Waals surface area (Å²) < 4.78 is 0. The van der Waals surface area contributed by atoms with E-state index in [2.05, 4.69) is 25.6 Å². The average molecular weight is 385 g/mol. The maximum atomic E-state index is 12.6. The second-order valence-corrected chi connectivity index (χ2v) is 7.95. The van der Waals surface area contributed by atoms with Crippen LogP contribution in [0.2, 0.25) is 0 Å². The lowest BCUT2D eigenvalue weighted by molar-refractivity contribution is 0.0873. The van der Waals surface area contributed by atoms with Gasteiger partial charge in [-0.15, -0.1) is 11.3 Å². The van der Waals surface area contributed by atoms with E-state index in [0.29, 0.717) is 17.2 Å². The van der Waals surface area contributed by atoms with Crippen LogP contribution in [0.15, 0.2) is 30.7 Å². The van der Waals surface area contributed by atoms with Gasteiger partial charge < -0.3 is 15.7 Å². The van der Waals surface area contributed by atoms with Crippen LogP contribution in [-0.2, 0) is 6.42 Å². The molecule has 7 nitrogen and oxygen atoms in total. The predicted molar refractivity (Wildman–Crippen MR) is 107 cm³/mol. The van der Waals surface area contributed by atoms with Gasteiger partial charge in [-0.3, -0.25) is 9.78 Å². The molecule has 1 amide bonds. The summed E-state index contributed by atoms with van der Waals surface area (Å²) in [5.74, 6) is 0.499. The summed E-state index contributed by atoms with van der Waals surface area (Å²) in [5.41, 5.74) is 1.15. The van der Waals surface area contributed by atoms with Crippen LogP contribution in [-0.4, -0.2) is 44.7 Å². The largest absolute Gasteiger partial charge is 0.394 e. The number of fused-ring (bicyclic) bond motifs is 1. The number of nitrogens with one attached hydrogen (secondary N) is 2. The summed E-state index contributed by atoms with van der Waals surface area (Å²) >= 11 is 1.33. The van der Waals surface area contributed by atoms with Gasteiger partial charge in [-0.05, 0) is 38.5 Å². The van der Waals surface area contributed by atoms with Crippen LogP contribution in [0.1, 0.15) is 34.8 Å². The summed E-state index contributed by atoms with van der Waals surface area (Å²) in [5, 5.41) is 16.4. The van der Waals surface area contributed by atoms with Crippen molar-refractivity contribution < 1.29 is 9.90 Å². The van der Waals surface area contributed by atoms with Crippen LogP contribution in [0, 0.1) is 6.92 Å². The molecule has 0 spiro atoms. The molecule has 0 radical (unpaired) electrons. The van der Waals surface area contributed by atoms with E-state index in [1.54, 1.807) is 20.0 Å². The number of thiophene rings is 1. The van der Waals surface area contributed by atoms with Crippen LogP contribution in [0.4, 0.5) is 5.82 Å². The number of anilines is 1. The fraction of sp³-hybridized carbons (Fsp3) is 0.368. The lowest BCUT2D eigenvalue weighted by Crippen LogP contribution is -2.46. The Morgan fingerprint density at radius 2 is 2.07 bits per heavy atom. The number of nitrogens with zero attached hydrogens (tertiary/aromatic N) is 3. The van der Waals surface area contributed by atoms with E-state index in [-0.39, 0.29) is 12.5 Å². The Morgan fingerprint density at radius 3 is 2.78 bits per heavy atom. The van der Waals surface area contributed by atoms with Gasteiger partial charge in [0.05, 0.1) is 22.4 Å². The minimum absolute atomic E-state index is 0.136. The van der Waals surface area contributed by atoms with Crippen molar-refractivity contribution in [3.05, 3.63) is 46.9 Å². The molecule has 0 aliphatic heterocycles. The first-order chi connectivity index (χ1) is 12.9. The third-order valence-electron chi connectivity index (χ3n) is 4.18. The molecule has 0 saturated carbocycles. The first-order valence-electron chi connectivity index (χ1n) is 8.72. The van der Waals surface area contributed by atoms with Crippen molar-refractivity contribution >= 4 is 33.3 Å². The molecule has 3 aromatic rings. The van der Waals surface area contributed by atoms with E-state index in [1.807, 2.05) is 25.1 Å². The van der Waals surface area contributed by atoms with Crippen LogP contribution in [0.5, 0.6) is 0 Å². The van der Waals surface area contributed by atoms with Crippen molar-refractivity contribution in [3.8, 4) is 0 Å². The van der Waals surface area contributed by atoms with Gasteiger partial charge in [0.2, 0.25) is 0 Å². The molecule has 8 heteroatoms. The number of carbonyl (C=O) groups is 1. The smallest absolute Gasteiger partial charge is 0.262 e. The van der Waals surface area contributed by atoms with Crippen LogP contribution < -0.4 is 10.6 Å². The first-order valence-corrected chi connectivity index (χ1v) is 9.54. The van der Waals surface area contributed by atoms with Crippen LogP contribution in [0.3, 0.4) is 0 Å². The third kappa shape index (κ3) is 4.40. The normalized spacial score (nSPS) is 11.6. The summed E-state index contributed by atoms with van der Waals surface area (Å²) in [6.07, 6.45) is 4.05. The molecule has 0 bridgehead atoms. The number of hydrogen-bond acceptors (Lipinski definition) is 7. The zero-order valence-electron chi connectivity index (χ0n) is 15.6. The Labute approximate surface area is 161 Å². The van der Waals surface area contributed by atoms with Crippen LogP contribution in [0.25, 0.3) is 10.2 Å². The second kappa shape index (κ2) is 7.98. The van der Waals surface area contributed by atoms with Gasteiger partial charge in [0.1, 0.15) is 17.0 Å². The minimum atomic E-state index is -0.685. The number of hydrogen-bond donors (Lipinski definition) is 3. The third-order valence-corrected chi connectivity index (χ3v) is 5.38. The summed E-state index contributed by atoms with van der Waals surface area (Å²) in [6, 6.07) is 5.84. The highest BCUT2D eigenvalue weighted by Gasteiger charge is 2.24. The lowest BCUT2D eigenvalue weighted by Gasteiger charge is -2.23. The Bertz CT molecular complexity index is 940. The fourth-order valence-corrected chi connectivity index (χ4v) is 3.72. The fourth-order valence-electron chi connectivity index (χ4n) is 2.68. The van der Waals surface area contributed by atoms with Gasteiger partial charge in [-0.2, -0.15) is 0 Å². The Balaban J connectivity index is 1.81. The van der Waals surface area contributed by atoms with E-state index < -0.39 is 5.54 Å². The molecule has 0 atom stereocenters. The van der Waals surface area contributed by atoms with Crippen molar-refractivity contribution in [1.29, 1.82) is 0 Å². The number of aliphatic hydroxyl groups is 1. The summed E-state index contributed by atoms with van der Waals surface area (Å²) in [6.45, 7) is 5.99. The van der Waals surface area contributed by atoms with Crippen molar-refractivity contribution in [2.45, 2.75) is 32.7 Å². The second-order valence-electron chi connectivity index (χ2n) is 6.95. The van der Waals surface area contributed by atoms with Gasteiger partial charge in [0, 0.05) is 24.9 Å². The van der Waals surface area contributed by atoms with E-state index >= 15 is 0 Å². The molecule has 0 aliphatic rings. The molecule has 3 rings (SSSR count). The molecule has 0 fully saturated rings. The predicted octanol–water partition coefficient (Wildman–Crippen LogP) is 2.55. The van der Waals surface area contributed by atoms with E-state index in [9.17, 15) is 9.90 Å².